The summed E-state index contributed by atoms with van der Waals surface area (Å²) in [5, 5.41) is 2.08. The Hall–Kier alpha value is -1.43. The predicted octanol–water partition coefficient (Wildman–Crippen LogP) is 4.45. The van der Waals surface area contributed by atoms with Crippen LogP contribution >= 0.6 is 0 Å². The molecule has 2 aromatic rings. The number of nitrogens with zero attached hydrogens (tertiary/aromatic N) is 2. The van der Waals surface area contributed by atoms with E-state index in [1.54, 1.807) is 6.07 Å². The molecule has 0 bridgehead atoms. The van der Waals surface area contributed by atoms with Crippen LogP contribution in [0.3, 0.4) is 0 Å². The van der Waals surface area contributed by atoms with Crippen molar-refractivity contribution in [2.75, 3.05) is 38.5 Å². The van der Waals surface area contributed by atoms with Crippen LogP contribution in [-0.2, 0) is 9.84 Å². The van der Waals surface area contributed by atoms with E-state index in [2.05, 4.69) is 23.6 Å². The molecular weight excluding hydrogens is 392 g/mol. The van der Waals surface area contributed by atoms with Gasteiger partial charge in [0.1, 0.15) is 0 Å². The van der Waals surface area contributed by atoms with Crippen LogP contribution in [0.4, 0.5) is 0 Å². The number of piperidine rings is 2. The monoisotopic (exact) mass is 428 g/mol. The van der Waals surface area contributed by atoms with Crippen molar-refractivity contribution < 1.29 is 8.42 Å². The van der Waals surface area contributed by atoms with E-state index >= 15 is 0 Å². The minimum Gasteiger partial charge on any atom is -0.302 e. The summed E-state index contributed by atoms with van der Waals surface area (Å²) >= 11 is 0. The van der Waals surface area contributed by atoms with Crippen molar-refractivity contribution in [3.8, 4) is 0 Å². The summed E-state index contributed by atoms with van der Waals surface area (Å²) in [7, 11) is -3.34. The SMILES string of the molecule is CC1CCN(C[C@@H](CS(=O)(=O)c2ccc3ccccc3c2)N2CCC(C)CC2)CC1. The van der Waals surface area contributed by atoms with Crippen molar-refractivity contribution in [1.29, 1.82) is 0 Å². The van der Waals surface area contributed by atoms with Crippen molar-refractivity contribution in [3.63, 3.8) is 0 Å². The maximum Gasteiger partial charge on any atom is 0.179 e. The second-order valence-electron chi connectivity index (χ2n) is 9.65. The van der Waals surface area contributed by atoms with E-state index in [1.165, 1.54) is 25.7 Å². The van der Waals surface area contributed by atoms with Crippen LogP contribution in [0.5, 0.6) is 0 Å². The van der Waals surface area contributed by atoms with Gasteiger partial charge in [0.05, 0.1) is 10.6 Å². The van der Waals surface area contributed by atoms with Gasteiger partial charge in [0.25, 0.3) is 0 Å². The van der Waals surface area contributed by atoms with Gasteiger partial charge < -0.3 is 4.90 Å². The first-order valence-corrected chi connectivity index (χ1v) is 13.2. The first-order valence-electron chi connectivity index (χ1n) is 11.6. The van der Waals surface area contributed by atoms with Crippen LogP contribution in [0.1, 0.15) is 39.5 Å². The average molecular weight is 429 g/mol. The molecule has 4 rings (SSSR count). The highest BCUT2D eigenvalue weighted by molar-refractivity contribution is 7.91. The predicted molar refractivity (Wildman–Crippen MR) is 125 cm³/mol. The lowest BCUT2D eigenvalue weighted by Crippen LogP contribution is -2.51. The molecule has 2 saturated heterocycles. The number of benzene rings is 2. The summed E-state index contributed by atoms with van der Waals surface area (Å²) in [5.41, 5.74) is 0. The Bertz CT molecular complexity index is 943. The smallest absolute Gasteiger partial charge is 0.179 e. The van der Waals surface area contributed by atoms with Gasteiger partial charge in [0.2, 0.25) is 0 Å². The number of likely N-dealkylation sites (tertiary alicyclic amines) is 2. The van der Waals surface area contributed by atoms with Crippen LogP contribution < -0.4 is 0 Å². The van der Waals surface area contributed by atoms with E-state index < -0.39 is 9.84 Å². The van der Waals surface area contributed by atoms with Crippen molar-refractivity contribution in [1.82, 2.24) is 9.80 Å². The second-order valence-corrected chi connectivity index (χ2v) is 11.7. The molecule has 0 N–H and O–H groups in total. The molecule has 0 radical (unpaired) electrons. The molecule has 0 saturated carbocycles. The normalized spacial score (nSPS) is 21.8. The topological polar surface area (TPSA) is 40.6 Å². The maximum absolute atomic E-state index is 13.4. The fourth-order valence-electron chi connectivity index (χ4n) is 4.92. The summed E-state index contributed by atoms with van der Waals surface area (Å²) < 4.78 is 26.9. The Morgan fingerprint density at radius 1 is 0.867 bits per heavy atom. The van der Waals surface area contributed by atoms with Crippen LogP contribution in [0, 0.1) is 11.8 Å². The lowest BCUT2D eigenvalue weighted by Gasteiger charge is -2.40. The highest BCUT2D eigenvalue weighted by Crippen LogP contribution is 2.25. The standard InChI is InChI=1S/C25H36N2O2S/c1-20-9-13-26(14-10-20)18-24(27-15-11-21(2)12-16-27)19-30(28,29)25-8-7-22-5-3-4-6-23(22)17-25/h3-8,17,20-21,24H,9-16,18-19H2,1-2H3/t24-/m0/s1. The molecule has 0 aliphatic carbocycles. The minimum absolute atomic E-state index is 0.0716. The molecule has 1 atom stereocenters. The Morgan fingerprint density at radius 3 is 2.13 bits per heavy atom. The number of sulfone groups is 1. The summed E-state index contributed by atoms with van der Waals surface area (Å²) in [4.78, 5) is 5.42. The molecule has 2 aromatic carbocycles. The van der Waals surface area contributed by atoms with Gasteiger partial charge in [0.15, 0.2) is 9.84 Å². The summed E-state index contributed by atoms with van der Waals surface area (Å²) in [5.74, 6) is 1.75. The summed E-state index contributed by atoms with van der Waals surface area (Å²) in [6, 6.07) is 13.6. The highest BCUT2D eigenvalue weighted by Gasteiger charge is 2.31. The summed E-state index contributed by atoms with van der Waals surface area (Å²) in [6.07, 6.45) is 4.79. The van der Waals surface area contributed by atoms with E-state index in [0.717, 1.165) is 55.3 Å². The van der Waals surface area contributed by atoms with Crippen molar-refractivity contribution in [2.45, 2.75) is 50.5 Å². The van der Waals surface area contributed by atoms with Gasteiger partial charge >= 0.3 is 0 Å². The first kappa shape index (κ1) is 21.8. The number of fused-ring (bicyclic) bond motifs is 1. The van der Waals surface area contributed by atoms with Crippen molar-refractivity contribution >= 4 is 20.6 Å². The molecule has 164 valence electrons. The molecule has 2 aliphatic rings. The summed E-state index contributed by atoms with van der Waals surface area (Å²) in [6.45, 7) is 9.73. The van der Waals surface area contributed by atoms with E-state index in [4.69, 9.17) is 0 Å². The van der Waals surface area contributed by atoms with E-state index in [-0.39, 0.29) is 11.8 Å². The van der Waals surface area contributed by atoms with Gasteiger partial charge in [-0.1, -0.05) is 44.2 Å². The third kappa shape index (κ3) is 5.24. The largest absolute Gasteiger partial charge is 0.302 e. The van der Waals surface area contributed by atoms with Crippen LogP contribution in [-0.4, -0.2) is 62.7 Å². The van der Waals surface area contributed by atoms with Gasteiger partial charge in [-0.15, -0.1) is 0 Å². The zero-order chi connectivity index (χ0) is 21.1. The maximum atomic E-state index is 13.4. The molecular formula is C25H36N2O2S. The third-order valence-corrected chi connectivity index (χ3v) is 8.97. The molecule has 2 fully saturated rings. The zero-order valence-electron chi connectivity index (χ0n) is 18.5. The fraction of sp³-hybridized carbons (Fsp3) is 0.600. The third-order valence-electron chi connectivity index (χ3n) is 7.17. The molecule has 2 aliphatic heterocycles. The molecule has 5 heteroatoms. The van der Waals surface area contributed by atoms with Gasteiger partial charge in [-0.2, -0.15) is 0 Å². The average Bonchev–Trinajstić information content (AvgIpc) is 2.75. The van der Waals surface area contributed by atoms with Crippen molar-refractivity contribution in [3.05, 3.63) is 42.5 Å². The van der Waals surface area contributed by atoms with Gasteiger partial charge in [-0.25, -0.2) is 8.42 Å². The Morgan fingerprint density at radius 2 is 1.47 bits per heavy atom. The van der Waals surface area contributed by atoms with E-state index in [9.17, 15) is 8.42 Å². The molecule has 30 heavy (non-hydrogen) atoms. The fourth-order valence-corrected chi connectivity index (χ4v) is 6.52. The quantitative estimate of drug-likeness (QED) is 0.682. The van der Waals surface area contributed by atoms with Crippen LogP contribution in [0.2, 0.25) is 0 Å². The molecule has 4 nitrogen and oxygen atoms in total. The lowest BCUT2D eigenvalue weighted by atomic mass is 9.97. The second kappa shape index (κ2) is 9.37. The highest BCUT2D eigenvalue weighted by atomic mass is 32.2. The Kier molecular flexibility index (Phi) is 6.81. The molecule has 2 heterocycles. The Labute approximate surface area is 182 Å². The zero-order valence-corrected chi connectivity index (χ0v) is 19.3. The Balaban J connectivity index is 1.54. The van der Waals surface area contributed by atoms with Gasteiger partial charge in [-0.05, 0) is 86.6 Å². The van der Waals surface area contributed by atoms with Gasteiger partial charge in [0, 0.05) is 12.6 Å². The van der Waals surface area contributed by atoms with Crippen molar-refractivity contribution in [2.24, 2.45) is 11.8 Å². The molecule has 0 unspecified atom stereocenters. The molecule has 0 spiro atoms. The lowest BCUT2D eigenvalue weighted by molar-refractivity contribution is 0.0974. The van der Waals surface area contributed by atoms with Crippen LogP contribution in [0.25, 0.3) is 10.8 Å². The van der Waals surface area contributed by atoms with Gasteiger partial charge in [-0.3, -0.25) is 4.90 Å². The van der Waals surface area contributed by atoms with E-state index in [0.29, 0.717) is 4.90 Å². The number of hydrogen-bond donors (Lipinski definition) is 0. The van der Waals surface area contributed by atoms with Crippen LogP contribution in [0.15, 0.2) is 47.4 Å². The number of hydrogen-bond acceptors (Lipinski definition) is 4. The van der Waals surface area contributed by atoms with E-state index in [1.807, 2.05) is 36.4 Å². The number of rotatable bonds is 6. The molecule has 0 aromatic heterocycles. The minimum atomic E-state index is -3.34. The molecule has 0 amide bonds. The first-order chi connectivity index (χ1) is 14.4.